The lowest BCUT2D eigenvalue weighted by Crippen LogP contribution is -2.30. The van der Waals surface area contributed by atoms with Crippen molar-refractivity contribution in [2.24, 2.45) is 0 Å². The lowest BCUT2D eigenvalue weighted by molar-refractivity contribution is -0.117. The van der Waals surface area contributed by atoms with Crippen LogP contribution in [0.1, 0.15) is 10.4 Å². The summed E-state index contributed by atoms with van der Waals surface area (Å²) in [6, 6.07) is 17.4. The molecule has 1 amide bonds. The van der Waals surface area contributed by atoms with E-state index in [1.54, 1.807) is 18.2 Å². The fourth-order valence-electron chi connectivity index (χ4n) is 2.94. The standard InChI is InChI=1S/C21H17N5O4/c1-30-21(29)15-7-9-16(10-8-15)23-19(27)12-25-20(28)18-11-17(24-26(18)13-22-25)14-5-3-2-4-6-14/h2-11,13H,12H2,1H3,(H,23,27). The van der Waals surface area contributed by atoms with Gasteiger partial charge in [0.25, 0.3) is 5.56 Å². The lowest BCUT2D eigenvalue weighted by Gasteiger charge is -2.07. The highest BCUT2D eigenvalue weighted by Gasteiger charge is 2.13. The molecule has 30 heavy (non-hydrogen) atoms. The quantitative estimate of drug-likeness (QED) is 0.511. The van der Waals surface area contributed by atoms with Crippen molar-refractivity contribution in [1.82, 2.24) is 19.4 Å². The summed E-state index contributed by atoms with van der Waals surface area (Å²) in [5, 5.41) is 11.1. The normalized spacial score (nSPS) is 10.7. The minimum absolute atomic E-state index is 0.264. The molecular formula is C21H17N5O4. The number of benzene rings is 2. The molecule has 2 heterocycles. The van der Waals surface area contributed by atoms with Crippen LogP contribution in [-0.2, 0) is 16.1 Å². The summed E-state index contributed by atoms with van der Waals surface area (Å²) in [5.74, 6) is -0.893. The smallest absolute Gasteiger partial charge is 0.337 e. The second kappa shape index (κ2) is 8.00. The number of amides is 1. The van der Waals surface area contributed by atoms with Crippen molar-refractivity contribution < 1.29 is 14.3 Å². The zero-order valence-electron chi connectivity index (χ0n) is 16.0. The van der Waals surface area contributed by atoms with E-state index in [0.29, 0.717) is 22.5 Å². The number of carbonyl (C=O) groups excluding carboxylic acids is 2. The Morgan fingerprint density at radius 1 is 1.07 bits per heavy atom. The number of nitrogens with zero attached hydrogens (tertiary/aromatic N) is 4. The van der Waals surface area contributed by atoms with Crippen molar-refractivity contribution in [2.75, 3.05) is 12.4 Å². The number of methoxy groups -OCH3 is 1. The van der Waals surface area contributed by atoms with Crippen molar-refractivity contribution in [1.29, 1.82) is 0 Å². The summed E-state index contributed by atoms with van der Waals surface area (Å²) in [7, 11) is 1.29. The molecule has 0 aliphatic heterocycles. The van der Waals surface area contributed by atoms with Crippen LogP contribution < -0.4 is 10.9 Å². The Labute approximate surface area is 170 Å². The third-order valence-corrected chi connectivity index (χ3v) is 4.44. The Bertz CT molecular complexity index is 1280. The molecule has 0 radical (unpaired) electrons. The second-order valence-corrected chi connectivity index (χ2v) is 6.44. The summed E-state index contributed by atoms with van der Waals surface area (Å²) in [6.07, 6.45) is 1.39. The van der Waals surface area contributed by atoms with E-state index in [-0.39, 0.29) is 6.54 Å². The maximum Gasteiger partial charge on any atom is 0.337 e. The van der Waals surface area contributed by atoms with Gasteiger partial charge in [-0.1, -0.05) is 30.3 Å². The zero-order valence-corrected chi connectivity index (χ0v) is 16.0. The predicted molar refractivity (Wildman–Crippen MR) is 109 cm³/mol. The minimum atomic E-state index is -0.465. The Balaban J connectivity index is 1.52. The maximum absolute atomic E-state index is 12.7. The average molecular weight is 403 g/mol. The molecule has 0 saturated carbocycles. The third kappa shape index (κ3) is 3.81. The number of hydrogen-bond donors (Lipinski definition) is 1. The molecule has 0 saturated heterocycles. The summed E-state index contributed by atoms with van der Waals surface area (Å²) < 4.78 is 7.10. The van der Waals surface area contributed by atoms with Crippen LogP contribution in [0.2, 0.25) is 0 Å². The largest absolute Gasteiger partial charge is 0.465 e. The third-order valence-electron chi connectivity index (χ3n) is 4.44. The Kier molecular flexibility index (Phi) is 5.08. The van der Waals surface area contributed by atoms with Gasteiger partial charge in [-0.25, -0.2) is 14.0 Å². The number of ether oxygens (including phenoxy) is 1. The monoisotopic (exact) mass is 403 g/mol. The van der Waals surface area contributed by atoms with Crippen molar-refractivity contribution in [3.63, 3.8) is 0 Å². The summed E-state index contributed by atoms with van der Waals surface area (Å²) in [6.45, 7) is -0.264. The van der Waals surface area contributed by atoms with E-state index >= 15 is 0 Å². The molecule has 9 nitrogen and oxygen atoms in total. The van der Waals surface area contributed by atoms with Crippen LogP contribution in [0.4, 0.5) is 5.69 Å². The first kappa shape index (κ1) is 19.1. The SMILES string of the molecule is COC(=O)c1ccc(NC(=O)Cn2ncn3nc(-c4ccccc4)cc3c2=O)cc1. The highest BCUT2D eigenvalue weighted by Crippen LogP contribution is 2.17. The van der Waals surface area contributed by atoms with Gasteiger partial charge in [0, 0.05) is 11.3 Å². The summed E-state index contributed by atoms with van der Waals surface area (Å²) in [4.78, 5) is 36.5. The first-order chi connectivity index (χ1) is 14.5. The number of nitrogens with one attached hydrogen (secondary N) is 1. The van der Waals surface area contributed by atoms with E-state index in [0.717, 1.165) is 10.2 Å². The predicted octanol–water partition coefficient (Wildman–Crippen LogP) is 1.98. The second-order valence-electron chi connectivity index (χ2n) is 6.44. The van der Waals surface area contributed by atoms with E-state index < -0.39 is 17.4 Å². The summed E-state index contributed by atoms with van der Waals surface area (Å²) in [5.41, 5.74) is 2.26. The van der Waals surface area contributed by atoms with E-state index in [2.05, 4.69) is 20.3 Å². The van der Waals surface area contributed by atoms with Gasteiger partial charge in [-0.2, -0.15) is 10.2 Å². The van der Waals surface area contributed by atoms with Gasteiger partial charge in [-0.3, -0.25) is 9.59 Å². The Morgan fingerprint density at radius 3 is 2.50 bits per heavy atom. The van der Waals surface area contributed by atoms with Crippen LogP contribution in [0.5, 0.6) is 0 Å². The molecule has 0 unspecified atom stereocenters. The number of esters is 1. The van der Waals surface area contributed by atoms with Crippen LogP contribution >= 0.6 is 0 Å². The fraction of sp³-hybridized carbons (Fsp3) is 0.0952. The molecule has 4 aromatic rings. The molecule has 9 heteroatoms. The van der Waals surface area contributed by atoms with Crippen LogP contribution in [-0.4, -0.2) is 38.4 Å². The number of carbonyl (C=O) groups is 2. The number of rotatable bonds is 5. The first-order valence-corrected chi connectivity index (χ1v) is 9.04. The van der Waals surface area contributed by atoms with Gasteiger partial charge in [-0.15, -0.1) is 0 Å². The highest BCUT2D eigenvalue weighted by atomic mass is 16.5. The molecular weight excluding hydrogens is 386 g/mol. The molecule has 1 N–H and O–H groups in total. The molecule has 0 spiro atoms. The van der Waals surface area contributed by atoms with E-state index in [4.69, 9.17) is 0 Å². The van der Waals surface area contributed by atoms with E-state index in [1.165, 1.54) is 30.1 Å². The Morgan fingerprint density at radius 2 is 1.80 bits per heavy atom. The van der Waals surface area contributed by atoms with Crippen molar-refractivity contribution >= 4 is 23.1 Å². The first-order valence-electron chi connectivity index (χ1n) is 9.04. The van der Waals surface area contributed by atoms with Gasteiger partial charge in [0.05, 0.1) is 18.4 Å². The number of anilines is 1. The maximum atomic E-state index is 12.7. The van der Waals surface area contributed by atoms with E-state index in [9.17, 15) is 14.4 Å². The molecule has 0 fully saturated rings. The van der Waals surface area contributed by atoms with E-state index in [1.807, 2.05) is 30.3 Å². The van der Waals surface area contributed by atoms with Crippen LogP contribution in [0.25, 0.3) is 16.8 Å². The van der Waals surface area contributed by atoms with Gasteiger partial charge in [0.2, 0.25) is 5.91 Å². The number of fused-ring (bicyclic) bond motifs is 1. The molecule has 0 aliphatic rings. The van der Waals surface area contributed by atoms with Crippen molar-refractivity contribution in [3.05, 3.63) is 82.9 Å². The molecule has 0 bridgehead atoms. The molecule has 0 aliphatic carbocycles. The van der Waals surface area contributed by atoms with Crippen molar-refractivity contribution in [3.8, 4) is 11.3 Å². The number of aromatic nitrogens is 4. The van der Waals surface area contributed by atoms with Crippen LogP contribution in [0, 0.1) is 0 Å². The zero-order chi connectivity index (χ0) is 21.1. The van der Waals surface area contributed by atoms with Gasteiger partial charge in [-0.05, 0) is 30.3 Å². The number of hydrogen-bond acceptors (Lipinski definition) is 6. The van der Waals surface area contributed by atoms with Gasteiger partial charge in [0.15, 0.2) is 0 Å². The minimum Gasteiger partial charge on any atom is -0.465 e. The topological polar surface area (TPSA) is 108 Å². The van der Waals surface area contributed by atoms with Crippen LogP contribution in [0.15, 0.2) is 71.8 Å². The van der Waals surface area contributed by atoms with Gasteiger partial charge in [0.1, 0.15) is 18.4 Å². The fourth-order valence-corrected chi connectivity index (χ4v) is 2.94. The summed E-state index contributed by atoms with van der Waals surface area (Å²) >= 11 is 0. The van der Waals surface area contributed by atoms with Crippen molar-refractivity contribution in [2.45, 2.75) is 6.54 Å². The average Bonchev–Trinajstić information content (AvgIpc) is 3.21. The molecule has 2 aromatic carbocycles. The molecule has 4 rings (SSSR count). The highest BCUT2D eigenvalue weighted by molar-refractivity contribution is 5.92. The van der Waals surface area contributed by atoms with Gasteiger partial charge >= 0.3 is 5.97 Å². The van der Waals surface area contributed by atoms with Crippen LogP contribution in [0.3, 0.4) is 0 Å². The molecule has 150 valence electrons. The van der Waals surface area contributed by atoms with Gasteiger partial charge < -0.3 is 10.1 Å². The lowest BCUT2D eigenvalue weighted by atomic mass is 10.1. The molecule has 0 atom stereocenters. The molecule has 2 aromatic heterocycles. The Hall–Kier alpha value is -4.27.